The zero-order valence-corrected chi connectivity index (χ0v) is 36.2. The van der Waals surface area contributed by atoms with Crippen molar-refractivity contribution in [2.45, 2.75) is 202 Å². The topological polar surface area (TPSA) is 148 Å². The van der Waals surface area contributed by atoms with E-state index in [-0.39, 0.29) is 52.9 Å². The van der Waals surface area contributed by atoms with E-state index in [1.54, 1.807) is 13.8 Å². The first-order chi connectivity index (χ1) is 25.8. The molecule has 0 spiro atoms. The van der Waals surface area contributed by atoms with E-state index < -0.39 is 46.9 Å². The van der Waals surface area contributed by atoms with Crippen LogP contribution in [-0.2, 0) is 47.5 Å². The van der Waals surface area contributed by atoms with Gasteiger partial charge >= 0.3 is 11.9 Å². The highest BCUT2D eigenvalue weighted by molar-refractivity contribution is 5.84. The molecule has 322 valence electrons. The van der Waals surface area contributed by atoms with Crippen LogP contribution in [0.3, 0.4) is 0 Å². The number of hydrogen-bond donors (Lipinski definition) is 2. The number of carboxylic acid groups (broad SMARTS) is 2. The maximum absolute atomic E-state index is 14.8. The molecule has 0 aromatic carbocycles. The molecule has 0 radical (unpaired) electrons. The Bertz CT molecular complexity index is 888. The van der Waals surface area contributed by atoms with Crippen LogP contribution in [-0.4, -0.2) is 98.2 Å². The highest BCUT2D eigenvalue weighted by Gasteiger charge is 2.84. The van der Waals surface area contributed by atoms with Crippen LogP contribution in [0.4, 0.5) is 0 Å². The van der Waals surface area contributed by atoms with Gasteiger partial charge in [0.25, 0.3) is 0 Å². The zero-order valence-electron chi connectivity index (χ0n) is 36.2. The van der Waals surface area contributed by atoms with Gasteiger partial charge in [-0.1, -0.05) is 107 Å². The molecule has 2 atom stereocenters. The van der Waals surface area contributed by atoms with Gasteiger partial charge in [-0.05, 0) is 65.2 Å². The van der Waals surface area contributed by atoms with E-state index in [0.29, 0.717) is 51.4 Å². The molecular formula is C42H82O12. The monoisotopic (exact) mass is 779 g/mol. The zero-order chi connectivity index (χ0) is 41.0. The second-order valence-corrected chi connectivity index (χ2v) is 14.5. The maximum atomic E-state index is 14.8. The normalized spacial score (nSPS) is 15.8. The Morgan fingerprint density at radius 3 is 0.926 bits per heavy atom. The van der Waals surface area contributed by atoms with E-state index in [1.165, 1.54) is 0 Å². The average Bonchev–Trinajstić information content (AvgIpc) is 3.15. The van der Waals surface area contributed by atoms with Crippen molar-refractivity contribution in [3.05, 3.63) is 0 Å². The number of carbonyl (C=O) groups is 2. The fourth-order valence-electron chi connectivity index (χ4n) is 6.89. The predicted octanol–water partition coefficient (Wildman–Crippen LogP) is 9.89. The van der Waals surface area contributed by atoms with Crippen molar-refractivity contribution in [2.75, 3.05) is 52.9 Å². The molecule has 54 heavy (non-hydrogen) atoms. The molecule has 0 aromatic rings. The van der Waals surface area contributed by atoms with Crippen molar-refractivity contribution in [1.82, 2.24) is 0 Å². The van der Waals surface area contributed by atoms with Gasteiger partial charge in [-0.3, -0.25) is 9.59 Å². The van der Waals surface area contributed by atoms with Crippen LogP contribution in [0.25, 0.3) is 0 Å². The fraction of sp³-hybridized carbons (Fsp3) is 0.952. The molecular weight excluding hydrogens is 696 g/mol. The Kier molecular flexibility index (Phi) is 28.2. The van der Waals surface area contributed by atoms with Gasteiger partial charge in [0.1, 0.15) is 0 Å². The molecule has 0 bridgehead atoms. The summed E-state index contributed by atoms with van der Waals surface area (Å²) in [6, 6.07) is 0. The highest BCUT2D eigenvalue weighted by atomic mass is 16.8. The summed E-state index contributed by atoms with van der Waals surface area (Å²) >= 11 is 0. The van der Waals surface area contributed by atoms with E-state index in [2.05, 4.69) is 13.8 Å². The van der Waals surface area contributed by atoms with Gasteiger partial charge in [-0.2, -0.15) is 0 Å². The minimum absolute atomic E-state index is 0.0221. The summed E-state index contributed by atoms with van der Waals surface area (Å²) in [5, 5.41) is 23.0. The van der Waals surface area contributed by atoms with Gasteiger partial charge in [-0.25, -0.2) is 0 Å². The molecule has 0 aliphatic heterocycles. The third-order valence-electron chi connectivity index (χ3n) is 9.55. The molecule has 12 nitrogen and oxygen atoms in total. The minimum atomic E-state index is -2.77. The van der Waals surface area contributed by atoms with Crippen LogP contribution < -0.4 is 0 Å². The Morgan fingerprint density at radius 1 is 0.389 bits per heavy atom. The lowest BCUT2D eigenvalue weighted by Gasteiger charge is -2.62. The lowest BCUT2D eigenvalue weighted by molar-refractivity contribution is -0.506. The van der Waals surface area contributed by atoms with Crippen LogP contribution in [0.1, 0.15) is 178 Å². The Morgan fingerprint density at radius 2 is 0.667 bits per heavy atom. The first kappa shape index (κ1) is 52.6. The van der Waals surface area contributed by atoms with E-state index in [0.717, 1.165) is 51.4 Å². The SMILES string of the molecule is CCCCCCCOC(C)(OCCC)C(OCCC)(OCCC)C(CC(=O)O)(C(=O)O)C(OCCC)(OCCC)C(C)(OCCC)OCCCCCCC. The molecule has 0 rings (SSSR count). The van der Waals surface area contributed by atoms with E-state index >= 15 is 0 Å². The molecule has 2 unspecified atom stereocenters. The first-order valence-electron chi connectivity index (χ1n) is 21.4. The summed E-state index contributed by atoms with van der Waals surface area (Å²) in [5.41, 5.74) is -2.77. The molecule has 0 aromatic heterocycles. The number of unbranched alkanes of at least 4 members (excludes halogenated alkanes) is 8. The second-order valence-electron chi connectivity index (χ2n) is 14.5. The van der Waals surface area contributed by atoms with Crippen LogP contribution in [0, 0.1) is 5.41 Å². The van der Waals surface area contributed by atoms with E-state index in [4.69, 9.17) is 37.9 Å². The number of hydrogen-bond acceptors (Lipinski definition) is 10. The summed E-state index contributed by atoms with van der Waals surface area (Å²) in [6.07, 6.45) is 11.2. The smallest absolute Gasteiger partial charge is 0.321 e. The summed E-state index contributed by atoms with van der Waals surface area (Å²) in [6.45, 7) is 19.4. The lowest BCUT2D eigenvalue weighted by Crippen LogP contribution is -2.82. The van der Waals surface area contributed by atoms with Gasteiger partial charge in [0.2, 0.25) is 23.1 Å². The maximum Gasteiger partial charge on any atom is 0.321 e. The number of carboxylic acids is 2. The predicted molar refractivity (Wildman–Crippen MR) is 211 cm³/mol. The van der Waals surface area contributed by atoms with Crippen molar-refractivity contribution >= 4 is 11.9 Å². The Labute approximate surface area is 329 Å². The van der Waals surface area contributed by atoms with E-state index in [1.807, 2.05) is 41.5 Å². The molecule has 2 N–H and O–H groups in total. The minimum Gasteiger partial charge on any atom is -0.481 e. The molecule has 0 saturated carbocycles. The summed E-state index contributed by atoms with van der Waals surface area (Å²) in [4.78, 5) is 28.3. The first-order valence-corrected chi connectivity index (χ1v) is 21.4. The second kappa shape index (κ2) is 28.9. The number of aliphatic carboxylic acids is 2. The van der Waals surface area contributed by atoms with Crippen molar-refractivity contribution in [3.8, 4) is 0 Å². The quantitative estimate of drug-likeness (QED) is 0.0452. The van der Waals surface area contributed by atoms with Crippen molar-refractivity contribution in [3.63, 3.8) is 0 Å². The van der Waals surface area contributed by atoms with Crippen molar-refractivity contribution in [2.24, 2.45) is 5.41 Å². The standard InChI is InChI=1S/C42H82O12/c1-11-19-21-23-25-33-49-38(9,47-27-13-3)41(51-29-15-5,52-30-16-6)40(37(45)46,35-36(43)44)42(53-31-17-7,54-32-18-8)39(10,48-28-14-4)50-34-26-24-22-20-12-2/h11-35H2,1-10H3,(H,43,44)(H,45,46). The highest BCUT2D eigenvalue weighted by Crippen LogP contribution is 2.60. The number of ether oxygens (including phenoxy) is 8. The van der Waals surface area contributed by atoms with E-state index in [9.17, 15) is 19.8 Å². The Hall–Kier alpha value is -1.38. The van der Waals surface area contributed by atoms with Crippen LogP contribution >= 0.6 is 0 Å². The van der Waals surface area contributed by atoms with Crippen LogP contribution in [0.5, 0.6) is 0 Å². The third kappa shape index (κ3) is 14.2. The summed E-state index contributed by atoms with van der Waals surface area (Å²) in [7, 11) is 0. The molecule has 12 heteroatoms. The fourth-order valence-corrected chi connectivity index (χ4v) is 6.89. The lowest BCUT2D eigenvalue weighted by atomic mass is 9.63. The largest absolute Gasteiger partial charge is 0.481 e. The number of rotatable bonds is 39. The van der Waals surface area contributed by atoms with Gasteiger partial charge in [0, 0.05) is 13.2 Å². The van der Waals surface area contributed by atoms with Crippen LogP contribution in [0.15, 0.2) is 0 Å². The van der Waals surface area contributed by atoms with Crippen molar-refractivity contribution in [1.29, 1.82) is 0 Å². The molecule has 0 aliphatic rings. The van der Waals surface area contributed by atoms with Gasteiger partial charge in [0.15, 0.2) is 5.41 Å². The Balaban J connectivity index is 8.67. The van der Waals surface area contributed by atoms with Crippen molar-refractivity contribution < 1.29 is 57.7 Å². The third-order valence-corrected chi connectivity index (χ3v) is 9.55. The molecule has 0 amide bonds. The summed E-state index contributed by atoms with van der Waals surface area (Å²) in [5.74, 6) is -12.0. The molecule has 0 aliphatic carbocycles. The summed E-state index contributed by atoms with van der Waals surface area (Å²) < 4.78 is 53.9. The van der Waals surface area contributed by atoms with Gasteiger partial charge in [-0.15, -0.1) is 0 Å². The molecule has 0 saturated heterocycles. The van der Waals surface area contributed by atoms with Crippen LogP contribution in [0.2, 0.25) is 0 Å². The molecule has 0 heterocycles. The molecule has 0 fully saturated rings. The van der Waals surface area contributed by atoms with Gasteiger partial charge in [0.05, 0.1) is 46.1 Å². The van der Waals surface area contributed by atoms with Gasteiger partial charge < -0.3 is 48.1 Å². The average molecular weight is 779 g/mol.